The van der Waals surface area contributed by atoms with Crippen LogP contribution in [-0.4, -0.2) is 48.1 Å². The minimum absolute atomic E-state index is 0.248. The molecule has 2 N–H and O–H groups in total. The third kappa shape index (κ3) is 4.74. The van der Waals surface area contributed by atoms with Gasteiger partial charge in [-0.1, -0.05) is 0 Å². The average molecular weight is 388 g/mol. The normalized spacial score (nSPS) is 15.5. The quantitative estimate of drug-likeness (QED) is 0.759. The van der Waals surface area contributed by atoms with Gasteiger partial charge in [-0.3, -0.25) is 4.79 Å². The van der Waals surface area contributed by atoms with Gasteiger partial charge in [0, 0.05) is 32.6 Å². The molecule has 1 fully saturated rings. The lowest BCUT2D eigenvalue weighted by molar-refractivity contribution is -0.105. The number of fused-ring (bicyclic) bond motifs is 1. The number of hydrogen-bond acceptors (Lipinski definition) is 6. The van der Waals surface area contributed by atoms with Gasteiger partial charge in [-0.15, -0.1) is 0 Å². The predicted octanol–water partition coefficient (Wildman–Crippen LogP) is 3.63. The molecular weight excluding hydrogens is 360 g/mol. The van der Waals surface area contributed by atoms with Crippen molar-refractivity contribution in [1.82, 2.24) is 9.88 Å². The van der Waals surface area contributed by atoms with Gasteiger partial charge in [-0.25, -0.2) is 9.78 Å². The van der Waals surface area contributed by atoms with E-state index in [-0.39, 0.29) is 6.09 Å². The molecule has 2 amide bonds. The van der Waals surface area contributed by atoms with Crippen LogP contribution in [0.5, 0.6) is 0 Å². The van der Waals surface area contributed by atoms with E-state index in [1.165, 1.54) is 0 Å². The molecule has 1 aliphatic heterocycles. The Kier molecular flexibility index (Phi) is 5.76. The van der Waals surface area contributed by atoms with Gasteiger partial charge >= 0.3 is 6.09 Å². The molecule has 0 radical (unpaired) electrons. The number of oxazole rings is 1. The van der Waals surface area contributed by atoms with Crippen LogP contribution >= 0.6 is 0 Å². The summed E-state index contributed by atoms with van der Waals surface area (Å²) in [6, 6.07) is 3.64. The summed E-state index contributed by atoms with van der Waals surface area (Å²) in [7, 11) is 1.79. The minimum atomic E-state index is -0.476. The molecule has 2 aromatic rings. The molecule has 1 aromatic heterocycles. The van der Waals surface area contributed by atoms with E-state index in [9.17, 15) is 9.59 Å². The van der Waals surface area contributed by atoms with Crippen LogP contribution < -0.4 is 10.6 Å². The zero-order valence-corrected chi connectivity index (χ0v) is 16.9. The number of piperidine rings is 1. The second kappa shape index (κ2) is 8.08. The molecule has 0 bridgehead atoms. The van der Waals surface area contributed by atoms with Gasteiger partial charge in [0.25, 0.3) is 0 Å². The summed E-state index contributed by atoms with van der Waals surface area (Å²) < 4.78 is 11.3. The van der Waals surface area contributed by atoms with Gasteiger partial charge < -0.3 is 24.7 Å². The van der Waals surface area contributed by atoms with Crippen molar-refractivity contribution in [2.75, 3.05) is 30.8 Å². The van der Waals surface area contributed by atoms with Crippen LogP contribution in [0.15, 0.2) is 16.5 Å². The Hall–Kier alpha value is -2.77. The predicted molar refractivity (Wildman–Crippen MR) is 107 cm³/mol. The van der Waals surface area contributed by atoms with Crippen LogP contribution in [0.4, 0.5) is 16.2 Å². The molecule has 3 rings (SSSR count). The fourth-order valence-corrected chi connectivity index (χ4v) is 3.39. The van der Waals surface area contributed by atoms with E-state index in [2.05, 4.69) is 15.6 Å². The van der Waals surface area contributed by atoms with Crippen molar-refractivity contribution in [2.45, 2.75) is 45.6 Å². The molecule has 0 unspecified atom stereocenters. The fraction of sp³-hybridized carbons (Fsp3) is 0.550. The molecule has 0 atom stereocenters. The van der Waals surface area contributed by atoms with Crippen molar-refractivity contribution in [3.8, 4) is 0 Å². The maximum Gasteiger partial charge on any atom is 0.410 e. The lowest BCUT2D eigenvalue weighted by Crippen LogP contribution is -2.42. The van der Waals surface area contributed by atoms with Crippen LogP contribution in [-0.2, 0) is 16.0 Å². The molecule has 0 saturated carbocycles. The highest BCUT2D eigenvalue weighted by Crippen LogP contribution is 2.30. The summed E-state index contributed by atoms with van der Waals surface area (Å²) in [5.74, 6) is 1.08. The molecule has 8 nitrogen and oxygen atoms in total. The summed E-state index contributed by atoms with van der Waals surface area (Å²) in [6.07, 6.45) is 2.89. The molecular formula is C20H28N4O4. The maximum absolute atomic E-state index is 12.2. The van der Waals surface area contributed by atoms with Gasteiger partial charge in [0.15, 0.2) is 11.5 Å². The van der Waals surface area contributed by atoms with E-state index in [1.807, 2.05) is 26.8 Å². The Bertz CT molecular complexity index is 848. The number of aromatic nitrogens is 1. The highest BCUT2D eigenvalue weighted by atomic mass is 16.6. The Morgan fingerprint density at radius 2 is 2.04 bits per heavy atom. The van der Waals surface area contributed by atoms with Crippen LogP contribution in [0, 0.1) is 5.92 Å². The first kappa shape index (κ1) is 20.0. The number of hydrogen-bond donors (Lipinski definition) is 2. The lowest BCUT2D eigenvalue weighted by Gasteiger charge is -2.33. The van der Waals surface area contributed by atoms with Crippen molar-refractivity contribution >= 4 is 35.0 Å². The fourth-order valence-electron chi connectivity index (χ4n) is 3.39. The highest BCUT2D eigenvalue weighted by molar-refractivity contribution is 5.90. The first-order valence-corrected chi connectivity index (χ1v) is 9.58. The molecule has 0 aliphatic carbocycles. The number of likely N-dealkylation sites (tertiary alicyclic amines) is 1. The second-order valence-electron chi connectivity index (χ2n) is 8.10. The van der Waals surface area contributed by atoms with Gasteiger partial charge in [0.1, 0.15) is 11.1 Å². The number of ether oxygens (including phenoxy) is 1. The summed E-state index contributed by atoms with van der Waals surface area (Å²) in [5, 5.41) is 5.70. The van der Waals surface area contributed by atoms with E-state index in [0.717, 1.165) is 30.5 Å². The Morgan fingerprint density at radius 3 is 2.64 bits per heavy atom. The number of nitrogens with one attached hydrogen (secondary N) is 2. The molecule has 2 heterocycles. The van der Waals surface area contributed by atoms with Gasteiger partial charge in [0.05, 0.1) is 11.4 Å². The van der Waals surface area contributed by atoms with E-state index < -0.39 is 5.60 Å². The van der Waals surface area contributed by atoms with Crippen molar-refractivity contribution < 1.29 is 18.7 Å². The first-order chi connectivity index (χ1) is 13.3. The van der Waals surface area contributed by atoms with Gasteiger partial charge in [0.2, 0.25) is 6.41 Å². The maximum atomic E-state index is 12.2. The monoisotopic (exact) mass is 388 g/mol. The minimum Gasteiger partial charge on any atom is -0.444 e. The Labute approximate surface area is 164 Å². The van der Waals surface area contributed by atoms with E-state index in [0.29, 0.717) is 42.6 Å². The van der Waals surface area contributed by atoms with E-state index >= 15 is 0 Å². The van der Waals surface area contributed by atoms with Crippen LogP contribution in [0.1, 0.15) is 39.5 Å². The smallest absolute Gasteiger partial charge is 0.410 e. The number of amides is 2. The Morgan fingerprint density at radius 1 is 1.32 bits per heavy atom. The summed E-state index contributed by atoms with van der Waals surface area (Å²) in [6.45, 7) is 6.98. The largest absolute Gasteiger partial charge is 0.444 e. The van der Waals surface area contributed by atoms with Gasteiger partial charge in [-0.2, -0.15) is 0 Å². The standard InChI is InChI=1S/C20H28N4O4/c1-20(2,3)28-19(26)24-7-5-13(6-8-24)9-18-23-16-10-14(21-4)15(22-12-25)11-17(16)27-18/h10-13,21H,5-9H2,1-4H3,(H,22,25). The average Bonchev–Trinajstić information content (AvgIpc) is 3.01. The molecule has 28 heavy (non-hydrogen) atoms. The number of carbonyl (C=O) groups is 2. The van der Waals surface area contributed by atoms with Crippen molar-refractivity contribution in [3.05, 3.63) is 18.0 Å². The molecule has 152 valence electrons. The second-order valence-corrected chi connectivity index (χ2v) is 8.10. The molecule has 0 spiro atoms. The Balaban J connectivity index is 1.62. The molecule has 1 aromatic carbocycles. The topological polar surface area (TPSA) is 96.7 Å². The highest BCUT2D eigenvalue weighted by Gasteiger charge is 2.27. The third-order valence-corrected chi connectivity index (χ3v) is 4.79. The van der Waals surface area contributed by atoms with Crippen LogP contribution in [0.3, 0.4) is 0 Å². The summed E-state index contributed by atoms with van der Waals surface area (Å²) in [4.78, 5) is 29.3. The van der Waals surface area contributed by atoms with Gasteiger partial charge in [-0.05, 0) is 45.6 Å². The number of anilines is 2. The summed E-state index contributed by atoms with van der Waals surface area (Å²) in [5.41, 5.74) is 2.35. The molecule has 1 saturated heterocycles. The van der Waals surface area contributed by atoms with Crippen molar-refractivity contribution in [1.29, 1.82) is 0 Å². The number of rotatable bonds is 5. The third-order valence-electron chi connectivity index (χ3n) is 4.79. The van der Waals surface area contributed by atoms with E-state index in [1.54, 1.807) is 18.0 Å². The summed E-state index contributed by atoms with van der Waals surface area (Å²) >= 11 is 0. The van der Waals surface area contributed by atoms with Crippen molar-refractivity contribution in [2.24, 2.45) is 5.92 Å². The van der Waals surface area contributed by atoms with Crippen LogP contribution in [0.2, 0.25) is 0 Å². The SMILES string of the molecule is CNc1cc2nc(CC3CCN(C(=O)OC(C)(C)C)CC3)oc2cc1NC=O. The zero-order valence-electron chi connectivity index (χ0n) is 16.9. The lowest BCUT2D eigenvalue weighted by atomic mass is 9.94. The van der Waals surface area contributed by atoms with Crippen LogP contribution in [0.25, 0.3) is 11.1 Å². The molecule has 1 aliphatic rings. The number of nitrogens with zero attached hydrogens (tertiary/aromatic N) is 2. The van der Waals surface area contributed by atoms with Crippen molar-refractivity contribution in [3.63, 3.8) is 0 Å². The number of carbonyl (C=O) groups excluding carboxylic acids is 2. The number of benzene rings is 1. The van der Waals surface area contributed by atoms with E-state index in [4.69, 9.17) is 9.15 Å². The first-order valence-electron chi connectivity index (χ1n) is 9.58. The molecule has 8 heteroatoms. The zero-order chi connectivity index (χ0) is 20.3.